The molecule has 104 heavy (non-hydrogen) atoms. The van der Waals surface area contributed by atoms with Crippen molar-refractivity contribution in [3.63, 3.8) is 0 Å². The lowest BCUT2D eigenvalue weighted by atomic mass is 9.78. The van der Waals surface area contributed by atoms with Crippen LogP contribution in [0.5, 0.6) is 0 Å². The van der Waals surface area contributed by atoms with E-state index in [1.807, 2.05) is 20.8 Å². The largest absolute Gasteiger partial charge is 0.393 e. The molecule has 588 valence electrons. The predicted molar refractivity (Wildman–Crippen MR) is 380 cm³/mol. The summed E-state index contributed by atoms with van der Waals surface area (Å²) in [5.74, 6) is -11.0. The van der Waals surface area contributed by atoms with E-state index in [0.29, 0.717) is 51.6 Å². The van der Waals surface area contributed by atoms with Crippen LogP contribution in [0, 0.1) is 29.6 Å². The van der Waals surface area contributed by atoms with Crippen molar-refractivity contribution >= 4 is 82.5 Å². The SMILES string of the molecule is CC[C@H](C)[C@@H]1NC(=O)[C@H](CC(C)C)N(C)C(=O)C[C@@H](C(=O)N2CCCCC2)N(C)C(=O)[C@H](CCCCC(F)F)N(C)C(=O)C2(CCCC2)NC(=O)[C@@H]2CCCN2C(=O)[C@H](CCC2CCC(C(F)(F)F)C(Cl)C2)NC(=O)CN(C)C(=O)[C@H](CC2CCCCC2)N(C)C(=O)[C@@H]2CCN2C(=O)[C@H](C)N(C)C1=O. The molecule has 7 aliphatic rings. The molecule has 12 amide bonds. The second kappa shape index (κ2) is 37.9. The van der Waals surface area contributed by atoms with Gasteiger partial charge in [0.15, 0.2) is 0 Å². The number of likely N-dealkylation sites (N-methyl/N-ethyl adjacent to an activating group) is 6. The van der Waals surface area contributed by atoms with E-state index in [0.717, 1.165) is 53.2 Å². The van der Waals surface area contributed by atoms with E-state index in [-0.39, 0.29) is 115 Å². The fourth-order valence-corrected chi connectivity index (χ4v) is 17.3. The number of hydrogen-bond acceptors (Lipinski definition) is 12. The van der Waals surface area contributed by atoms with Gasteiger partial charge in [-0.15, -0.1) is 11.6 Å². The topological polar surface area (TPSA) is 270 Å². The number of halogens is 6. The van der Waals surface area contributed by atoms with E-state index in [1.54, 1.807) is 11.8 Å². The third kappa shape index (κ3) is 21.0. The van der Waals surface area contributed by atoms with Crippen LogP contribution in [0.1, 0.15) is 214 Å². The van der Waals surface area contributed by atoms with Crippen LogP contribution < -0.4 is 16.0 Å². The number of nitrogens with zero attached hydrogens (tertiary/aromatic N) is 9. The number of rotatable bonds is 15. The van der Waals surface area contributed by atoms with Crippen molar-refractivity contribution < 1.29 is 79.5 Å². The highest BCUT2D eigenvalue weighted by molar-refractivity contribution is 6.21. The molecule has 0 aromatic rings. The Morgan fingerprint density at radius 2 is 1.24 bits per heavy atom. The van der Waals surface area contributed by atoms with Crippen LogP contribution in [-0.4, -0.2) is 268 Å². The molecule has 7 fully saturated rings. The third-order valence-electron chi connectivity index (χ3n) is 23.9. The predicted octanol–water partition coefficient (Wildman–Crippen LogP) is 7.26. The van der Waals surface area contributed by atoms with Crippen molar-refractivity contribution in [3.8, 4) is 0 Å². The van der Waals surface area contributed by atoms with Gasteiger partial charge in [0.1, 0.15) is 59.9 Å². The molecule has 30 heteroatoms. The molecule has 1 spiro atoms. The highest BCUT2D eigenvalue weighted by atomic mass is 35.5. The van der Waals surface area contributed by atoms with Crippen molar-refractivity contribution in [3.05, 3.63) is 0 Å². The molecule has 3 N–H and O–H groups in total. The summed E-state index contributed by atoms with van der Waals surface area (Å²) in [5.41, 5.74) is -1.68. The maximum Gasteiger partial charge on any atom is 0.393 e. The van der Waals surface area contributed by atoms with E-state index < -0.39 is 186 Å². The molecule has 4 aliphatic heterocycles. The number of unbranched alkanes of at least 4 members (excludes halogenated alkanes) is 1. The van der Waals surface area contributed by atoms with Crippen molar-refractivity contribution in [2.75, 3.05) is 75.0 Å². The second-order valence-corrected chi connectivity index (χ2v) is 32.1. The average molecular weight is 1500 g/mol. The van der Waals surface area contributed by atoms with E-state index in [4.69, 9.17) is 11.6 Å². The van der Waals surface area contributed by atoms with Crippen molar-refractivity contribution in [2.45, 2.75) is 292 Å². The summed E-state index contributed by atoms with van der Waals surface area (Å²) in [6.07, 6.45) is 0.0687. The number of alkyl halides is 6. The van der Waals surface area contributed by atoms with Gasteiger partial charge in [-0.25, -0.2) is 8.78 Å². The minimum Gasteiger partial charge on any atom is -0.343 e. The molecular weight excluding hydrogens is 1380 g/mol. The number of carbonyl (C=O) groups excluding carboxylic acids is 12. The highest BCUT2D eigenvalue weighted by Gasteiger charge is 2.52. The fraction of sp³-hybridized carbons (Fsp3) is 0.838. The monoisotopic (exact) mass is 1500 g/mol. The van der Waals surface area contributed by atoms with Gasteiger partial charge in [-0.05, 0) is 140 Å². The van der Waals surface area contributed by atoms with Gasteiger partial charge in [-0.2, -0.15) is 13.2 Å². The first kappa shape index (κ1) is 84.8. The van der Waals surface area contributed by atoms with E-state index in [1.165, 1.54) is 73.7 Å². The Bertz CT molecular complexity index is 3030. The number of carbonyl (C=O) groups is 12. The minimum atomic E-state index is -4.53. The van der Waals surface area contributed by atoms with Crippen LogP contribution in [0.3, 0.4) is 0 Å². The second-order valence-electron chi connectivity index (χ2n) is 31.6. The number of nitrogens with one attached hydrogen (secondary N) is 3. The zero-order chi connectivity index (χ0) is 76.8. The van der Waals surface area contributed by atoms with Crippen molar-refractivity contribution in [1.29, 1.82) is 0 Å². The quantitative estimate of drug-likeness (QED) is 0.0831. The lowest BCUT2D eigenvalue weighted by Gasteiger charge is -2.45. The van der Waals surface area contributed by atoms with Crippen molar-refractivity contribution in [2.24, 2.45) is 29.6 Å². The summed E-state index contributed by atoms with van der Waals surface area (Å²) in [7, 11) is 8.38. The summed E-state index contributed by atoms with van der Waals surface area (Å²) in [4.78, 5) is 192. The zero-order valence-electron chi connectivity index (χ0n) is 63.3. The molecule has 13 atom stereocenters. The van der Waals surface area contributed by atoms with Gasteiger partial charge in [-0.3, -0.25) is 57.5 Å². The average Bonchev–Trinajstić information content (AvgIpc) is 1.65. The normalized spacial score (nSPS) is 30.3. The Morgan fingerprint density at radius 1 is 0.596 bits per heavy atom. The van der Waals surface area contributed by atoms with Gasteiger partial charge in [0.05, 0.1) is 18.9 Å². The third-order valence-corrected chi connectivity index (χ3v) is 24.4. The van der Waals surface area contributed by atoms with Gasteiger partial charge in [0.2, 0.25) is 77.3 Å². The molecule has 0 aromatic carbocycles. The summed E-state index contributed by atoms with van der Waals surface area (Å²) in [5, 5.41) is 7.48. The lowest BCUT2D eigenvalue weighted by molar-refractivity contribution is -0.182. The fourth-order valence-electron chi connectivity index (χ4n) is 16.7. The first-order chi connectivity index (χ1) is 49.0. The Kier molecular flexibility index (Phi) is 30.9. The first-order valence-electron chi connectivity index (χ1n) is 38.4. The minimum absolute atomic E-state index is 0.0120. The van der Waals surface area contributed by atoms with Crippen LogP contribution >= 0.6 is 11.6 Å². The number of hydrogen-bond donors (Lipinski definition) is 3. The molecule has 7 rings (SSSR count). The van der Waals surface area contributed by atoms with Gasteiger partial charge in [0, 0.05) is 80.3 Å². The van der Waals surface area contributed by atoms with Crippen LogP contribution in [0.2, 0.25) is 0 Å². The molecule has 4 saturated heterocycles. The number of likely N-dealkylation sites (tertiary alicyclic amines) is 1. The van der Waals surface area contributed by atoms with Crippen LogP contribution in [0.15, 0.2) is 0 Å². The molecule has 3 saturated carbocycles. The van der Waals surface area contributed by atoms with Gasteiger partial charge in [-0.1, -0.05) is 85.5 Å². The van der Waals surface area contributed by atoms with E-state index in [9.17, 15) is 45.9 Å². The van der Waals surface area contributed by atoms with Crippen LogP contribution in [0.4, 0.5) is 22.0 Å². The Hall–Kier alpha value is -6.42. The molecule has 0 aromatic heterocycles. The Morgan fingerprint density at radius 3 is 1.84 bits per heavy atom. The molecular formula is C74H118ClF5N12O12. The van der Waals surface area contributed by atoms with Crippen molar-refractivity contribution in [1.82, 2.24) is 60.0 Å². The summed E-state index contributed by atoms with van der Waals surface area (Å²) >= 11 is 6.40. The first-order valence-corrected chi connectivity index (χ1v) is 38.9. The molecule has 3 unspecified atom stereocenters. The summed E-state index contributed by atoms with van der Waals surface area (Å²) in [6, 6.07) is -11.4. The molecule has 0 bridgehead atoms. The number of fused-ring (bicyclic) bond motifs is 2. The standard InChI is InChI=1S/C74H118ClF5N12O12/c1-12-46(4)62-71(103)85(7)47(5)65(97)92-39-33-55(92)69(101)87(9)57(42-48-24-15-13-16-25-48)67(99)84(6)44-60(93)81-52(32-30-49-29-31-50(51(75)41-49)74(78,79)80)66(98)91-38-23-27-53(91)64(96)83-73(34-19-20-35-73)72(104)89(11)54(26-17-18-28-59(76)77)68(100)88(10)58(70(102)90-36-21-14-22-37-90)43-61(94)86(8)56(40-45(2)3)63(95)82-62/h45-59,62H,12-44H2,1-11H3,(H,81,93)(H,82,95)(H,83,96)/t46-,47-,49?,50?,51?,52-,53-,54-,55-,56-,57-,58-,62-/m0/s1. The lowest BCUT2D eigenvalue weighted by Crippen LogP contribution is -2.65. The maximum atomic E-state index is 15.6. The van der Waals surface area contributed by atoms with Gasteiger partial charge < -0.3 is 60.0 Å². The van der Waals surface area contributed by atoms with Gasteiger partial charge in [0.25, 0.3) is 0 Å². The molecule has 0 radical (unpaired) electrons. The van der Waals surface area contributed by atoms with E-state index >= 15 is 33.6 Å². The molecule has 24 nitrogen and oxygen atoms in total. The van der Waals surface area contributed by atoms with Gasteiger partial charge >= 0.3 is 6.18 Å². The smallest absolute Gasteiger partial charge is 0.343 e. The van der Waals surface area contributed by atoms with Crippen LogP contribution in [0.25, 0.3) is 0 Å². The zero-order valence-corrected chi connectivity index (χ0v) is 64.0. The summed E-state index contributed by atoms with van der Waals surface area (Å²) in [6.45, 7) is 8.91. The Balaban J connectivity index is 1.29. The number of piperidine rings is 1. The van der Waals surface area contributed by atoms with Crippen LogP contribution in [-0.2, 0) is 57.5 Å². The molecule has 4 heterocycles. The maximum absolute atomic E-state index is 15.6. The Labute approximate surface area is 616 Å². The number of amides is 12. The summed E-state index contributed by atoms with van der Waals surface area (Å²) < 4.78 is 69.7. The molecule has 3 aliphatic carbocycles. The highest BCUT2D eigenvalue weighted by Crippen LogP contribution is 2.44. The van der Waals surface area contributed by atoms with E-state index in [2.05, 4.69) is 16.0 Å².